The van der Waals surface area contributed by atoms with Crippen molar-refractivity contribution in [3.05, 3.63) is 115 Å². The lowest BCUT2D eigenvalue weighted by molar-refractivity contribution is 0.239. The lowest BCUT2D eigenvalue weighted by Gasteiger charge is -2.27. The monoisotopic (exact) mass is 428 g/mol. The smallest absolute Gasteiger partial charge is 0.105 e. The van der Waals surface area contributed by atoms with Crippen molar-refractivity contribution in [3.63, 3.8) is 0 Å². The number of nitrogens with zero attached hydrogens (tertiary/aromatic N) is 2. The van der Waals surface area contributed by atoms with Crippen molar-refractivity contribution in [1.82, 2.24) is 4.57 Å². The summed E-state index contributed by atoms with van der Waals surface area (Å²) < 4.78 is 7.78. The van der Waals surface area contributed by atoms with Crippen LogP contribution in [0.1, 0.15) is 11.1 Å². The topological polar surface area (TPSA) is 17.4 Å². The minimum atomic E-state index is 0.595. The number of benzene rings is 4. The Labute approximate surface area is 193 Å². The molecule has 160 valence electrons. The number of rotatable bonds is 5. The minimum absolute atomic E-state index is 0.595. The molecule has 0 N–H and O–H groups in total. The Morgan fingerprint density at radius 3 is 2.06 bits per heavy atom. The molecule has 4 aromatic carbocycles. The van der Waals surface area contributed by atoms with E-state index < -0.39 is 0 Å². The summed E-state index contributed by atoms with van der Waals surface area (Å²) in [6, 6.07) is 32.5. The van der Waals surface area contributed by atoms with E-state index in [-0.39, 0.29) is 0 Å². The summed E-state index contributed by atoms with van der Waals surface area (Å²) in [5, 5.41) is 2.50. The van der Waals surface area contributed by atoms with Crippen LogP contribution in [0.4, 0.5) is 17.1 Å². The number of anilines is 3. The van der Waals surface area contributed by atoms with Gasteiger partial charge in [-0.1, -0.05) is 73.3 Å². The fourth-order valence-corrected chi connectivity index (χ4v) is 4.90. The van der Waals surface area contributed by atoms with Crippen molar-refractivity contribution in [2.75, 3.05) is 11.5 Å². The van der Waals surface area contributed by atoms with Crippen molar-refractivity contribution in [2.24, 2.45) is 0 Å². The quantitative estimate of drug-likeness (QED) is 0.205. The van der Waals surface area contributed by atoms with Gasteiger partial charge in [-0.2, -0.15) is 0 Å². The van der Waals surface area contributed by atoms with Crippen LogP contribution in [-0.4, -0.2) is 11.2 Å². The number of aromatic nitrogens is 1. The zero-order chi connectivity index (χ0) is 22.2. The van der Waals surface area contributed by atoms with E-state index in [1.54, 1.807) is 0 Å². The highest BCUT2D eigenvalue weighted by Gasteiger charge is 2.20. The van der Waals surface area contributed by atoms with Crippen LogP contribution in [0.5, 0.6) is 0 Å². The number of fused-ring (bicyclic) bond motifs is 5. The van der Waals surface area contributed by atoms with E-state index in [4.69, 9.17) is 4.74 Å². The molecule has 1 aliphatic rings. The van der Waals surface area contributed by atoms with E-state index in [1.165, 1.54) is 50.6 Å². The summed E-state index contributed by atoms with van der Waals surface area (Å²) >= 11 is 0. The van der Waals surface area contributed by atoms with Crippen molar-refractivity contribution in [1.29, 1.82) is 0 Å². The second-order valence-corrected chi connectivity index (χ2v) is 8.19. The van der Waals surface area contributed by atoms with Gasteiger partial charge in [-0.3, -0.25) is 0 Å². The van der Waals surface area contributed by atoms with Crippen LogP contribution in [0.25, 0.3) is 34.0 Å². The molecule has 1 aromatic heterocycles. The van der Waals surface area contributed by atoms with E-state index in [0.717, 1.165) is 12.2 Å². The summed E-state index contributed by atoms with van der Waals surface area (Å²) in [5.41, 5.74) is 8.35. The lowest BCUT2D eigenvalue weighted by Crippen LogP contribution is -2.11. The van der Waals surface area contributed by atoms with Gasteiger partial charge in [-0.25, -0.2) is 0 Å². The largest absolute Gasteiger partial charge is 0.500 e. The van der Waals surface area contributed by atoms with Gasteiger partial charge < -0.3 is 14.2 Å². The maximum Gasteiger partial charge on any atom is 0.105 e. The molecule has 1 aliphatic heterocycles. The molecular formula is C30H24N2O. The molecule has 0 amide bonds. The normalized spacial score (nSPS) is 12.4. The summed E-state index contributed by atoms with van der Waals surface area (Å²) in [7, 11) is 0. The highest BCUT2D eigenvalue weighted by molar-refractivity contribution is 6.10. The first kappa shape index (κ1) is 19.4. The third kappa shape index (κ3) is 3.21. The number of para-hydroxylation sites is 3. The molecule has 0 atom stereocenters. The first-order valence-electron chi connectivity index (χ1n) is 11.2. The second kappa shape index (κ2) is 8.03. The zero-order valence-corrected chi connectivity index (χ0v) is 18.3. The van der Waals surface area contributed by atoms with Gasteiger partial charge >= 0.3 is 0 Å². The zero-order valence-electron chi connectivity index (χ0n) is 18.3. The predicted octanol–water partition coefficient (Wildman–Crippen LogP) is 7.91. The molecule has 3 heteroatoms. The second-order valence-electron chi connectivity index (χ2n) is 8.19. The lowest BCUT2D eigenvalue weighted by atomic mass is 10.1. The fourth-order valence-electron chi connectivity index (χ4n) is 4.90. The van der Waals surface area contributed by atoms with Gasteiger partial charge in [0.15, 0.2) is 0 Å². The number of hydrogen-bond donors (Lipinski definition) is 0. The van der Waals surface area contributed by atoms with Crippen LogP contribution in [0.3, 0.4) is 0 Å². The fraction of sp³-hybridized carbons (Fsp3) is 0.0667. The Hall–Kier alpha value is -4.24. The molecule has 0 spiro atoms. The van der Waals surface area contributed by atoms with Crippen molar-refractivity contribution >= 4 is 51.0 Å². The van der Waals surface area contributed by atoms with E-state index in [1.807, 2.05) is 0 Å². The Bertz CT molecular complexity index is 1480. The van der Waals surface area contributed by atoms with Gasteiger partial charge in [0.05, 0.1) is 24.2 Å². The van der Waals surface area contributed by atoms with E-state index in [2.05, 4.69) is 119 Å². The summed E-state index contributed by atoms with van der Waals surface area (Å²) in [5.74, 6) is 0. The first-order valence-corrected chi connectivity index (χ1v) is 11.2. The van der Waals surface area contributed by atoms with Crippen LogP contribution < -0.4 is 4.90 Å². The van der Waals surface area contributed by atoms with Crippen LogP contribution in [0.2, 0.25) is 0 Å². The van der Waals surface area contributed by atoms with Gasteiger partial charge in [0.2, 0.25) is 0 Å². The summed E-state index contributed by atoms with van der Waals surface area (Å²) in [6.45, 7) is 5.04. The Kier molecular flexibility index (Phi) is 4.73. The van der Waals surface area contributed by atoms with Gasteiger partial charge in [0, 0.05) is 27.5 Å². The third-order valence-corrected chi connectivity index (χ3v) is 6.36. The molecule has 0 aliphatic carbocycles. The SMILES string of the molecule is C=COCCn1c2ccccc2c2cc(N3c4ccccc4C=Cc4ccccc43)ccc21. The maximum absolute atomic E-state index is 5.44. The number of hydrogen-bond acceptors (Lipinski definition) is 2. The molecule has 5 aromatic rings. The van der Waals surface area contributed by atoms with Gasteiger partial charge in [-0.05, 0) is 47.5 Å². The average molecular weight is 429 g/mol. The molecule has 6 rings (SSSR count). The van der Waals surface area contributed by atoms with Crippen LogP contribution in [-0.2, 0) is 11.3 Å². The van der Waals surface area contributed by atoms with E-state index >= 15 is 0 Å². The number of ether oxygens (including phenoxy) is 1. The predicted molar refractivity (Wildman–Crippen MR) is 139 cm³/mol. The summed E-state index contributed by atoms with van der Waals surface area (Å²) in [6.07, 6.45) is 5.92. The van der Waals surface area contributed by atoms with Gasteiger partial charge in [0.25, 0.3) is 0 Å². The van der Waals surface area contributed by atoms with E-state index in [0.29, 0.717) is 6.61 Å². The molecule has 0 saturated carbocycles. The first-order chi connectivity index (χ1) is 16.3. The Balaban J connectivity index is 1.58. The van der Waals surface area contributed by atoms with Crippen LogP contribution >= 0.6 is 0 Å². The molecule has 0 fully saturated rings. The van der Waals surface area contributed by atoms with Crippen molar-refractivity contribution in [2.45, 2.75) is 6.54 Å². The molecule has 33 heavy (non-hydrogen) atoms. The van der Waals surface area contributed by atoms with Crippen molar-refractivity contribution < 1.29 is 4.74 Å². The van der Waals surface area contributed by atoms with E-state index in [9.17, 15) is 0 Å². The molecule has 2 heterocycles. The van der Waals surface area contributed by atoms with Gasteiger partial charge in [0.1, 0.15) is 6.61 Å². The molecule has 0 unspecified atom stereocenters. The highest BCUT2D eigenvalue weighted by Crippen LogP contribution is 2.43. The maximum atomic E-state index is 5.44. The van der Waals surface area contributed by atoms with Crippen LogP contribution in [0, 0.1) is 0 Å². The average Bonchev–Trinajstić information content (AvgIpc) is 3.07. The standard InChI is InChI=1S/C30H24N2O/c1-2-33-20-19-31-29-14-8-5-11-25(29)26-21-24(17-18-30(26)31)32-27-12-6-3-9-22(27)15-16-23-10-4-7-13-28(23)32/h2-18,21H,1,19-20H2. The third-order valence-electron chi connectivity index (χ3n) is 6.36. The minimum Gasteiger partial charge on any atom is -0.500 e. The summed E-state index contributed by atoms with van der Waals surface area (Å²) in [4.78, 5) is 2.37. The molecular weight excluding hydrogens is 404 g/mol. The highest BCUT2D eigenvalue weighted by atomic mass is 16.5. The van der Waals surface area contributed by atoms with Crippen LogP contribution in [0.15, 0.2) is 104 Å². The Morgan fingerprint density at radius 1 is 0.697 bits per heavy atom. The van der Waals surface area contributed by atoms with Crippen molar-refractivity contribution in [3.8, 4) is 0 Å². The molecule has 0 bridgehead atoms. The van der Waals surface area contributed by atoms with Gasteiger partial charge in [-0.15, -0.1) is 0 Å². The molecule has 3 nitrogen and oxygen atoms in total. The Morgan fingerprint density at radius 2 is 1.33 bits per heavy atom. The molecule has 0 radical (unpaired) electrons. The molecule has 0 saturated heterocycles.